The normalized spacial score (nSPS) is 10.7. The Labute approximate surface area is 168 Å². The number of hydrogen-bond donors (Lipinski definition) is 2. The highest BCUT2D eigenvalue weighted by Crippen LogP contribution is 2.27. The van der Waals surface area contributed by atoms with Crippen molar-refractivity contribution in [3.8, 4) is 5.75 Å². The average Bonchev–Trinajstić information content (AvgIpc) is 2.70. The van der Waals surface area contributed by atoms with Crippen LogP contribution >= 0.6 is 0 Å². The maximum atomic E-state index is 12.3. The first-order valence-electron chi connectivity index (χ1n) is 9.10. The summed E-state index contributed by atoms with van der Waals surface area (Å²) in [6.07, 6.45) is 3.98. The Kier molecular flexibility index (Phi) is 7.90. The summed E-state index contributed by atoms with van der Waals surface area (Å²) in [5.41, 5.74) is 1.84. The van der Waals surface area contributed by atoms with Crippen LogP contribution < -0.4 is 10.1 Å². The van der Waals surface area contributed by atoms with E-state index < -0.39 is 16.8 Å². The zero-order valence-corrected chi connectivity index (χ0v) is 16.0. The predicted octanol–water partition coefficient (Wildman–Crippen LogP) is 4.05. The molecule has 0 aliphatic rings. The number of nitrogens with zero attached hydrogens (tertiary/aromatic N) is 1. The Morgan fingerprint density at radius 2 is 1.93 bits per heavy atom. The molecule has 29 heavy (non-hydrogen) atoms. The zero-order chi connectivity index (χ0) is 21.2. The number of anilines is 1. The Morgan fingerprint density at radius 1 is 1.21 bits per heavy atom. The van der Waals surface area contributed by atoms with Crippen LogP contribution in [-0.2, 0) is 16.0 Å². The van der Waals surface area contributed by atoms with Crippen LogP contribution in [0, 0.1) is 10.1 Å². The summed E-state index contributed by atoms with van der Waals surface area (Å²) in [5.74, 6) is -0.795. The fourth-order valence-corrected chi connectivity index (χ4v) is 2.47. The summed E-state index contributed by atoms with van der Waals surface area (Å²) in [7, 11) is 0. The van der Waals surface area contributed by atoms with Crippen LogP contribution in [0.3, 0.4) is 0 Å². The lowest BCUT2D eigenvalue weighted by atomic mass is 10.1. The van der Waals surface area contributed by atoms with E-state index >= 15 is 0 Å². The minimum Gasteiger partial charge on any atom is -0.491 e. The molecule has 0 aromatic heterocycles. The second-order valence-electron chi connectivity index (χ2n) is 6.24. The van der Waals surface area contributed by atoms with Gasteiger partial charge in [0.15, 0.2) is 0 Å². The lowest BCUT2D eigenvalue weighted by molar-refractivity contribution is -0.384. The van der Waals surface area contributed by atoms with Crippen molar-refractivity contribution in [1.29, 1.82) is 0 Å². The summed E-state index contributed by atoms with van der Waals surface area (Å²) < 4.78 is 5.65. The number of carbonyl (C=O) groups excluding carboxylic acids is 1. The van der Waals surface area contributed by atoms with E-state index in [0.717, 1.165) is 12.0 Å². The van der Waals surface area contributed by atoms with Crippen LogP contribution in [0.4, 0.5) is 11.4 Å². The van der Waals surface area contributed by atoms with Crippen molar-refractivity contribution in [2.45, 2.75) is 26.2 Å². The van der Waals surface area contributed by atoms with Gasteiger partial charge in [0.05, 0.1) is 17.2 Å². The topological polar surface area (TPSA) is 119 Å². The number of nitrogens with one attached hydrogen (secondary N) is 1. The SMILES string of the molecule is CCCOc1ccc(CCC(=O)O)cc1NC(=O)/C=C/c1ccc([N+](=O)[O-])cc1. The number of carboxylic acids is 1. The van der Waals surface area contributed by atoms with E-state index in [2.05, 4.69) is 5.32 Å². The van der Waals surface area contributed by atoms with Gasteiger partial charge in [-0.25, -0.2) is 0 Å². The van der Waals surface area contributed by atoms with Gasteiger partial charge < -0.3 is 15.2 Å². The Bertz CT molecular complexity index is 906. The Morgan fingerprint density at radius 3 is 2.55 bits per heavy atom. The van der Waals surface area contributed by atoms with Crippen LogP contribution in [0.2, 0.25) is 0 Å². The molecule has 0 aliphatic heterocycles. The van der Waals surface area contributed by atoms with Gasteiger partial charge in [0.1, 0.15) is 5.75 Å². The number of aryl methyl sites for hydroxylation is 1. The quantitative estimate of drug-likeness (QED) is 0.354. The molecule has 0 aliphatic carbocycles. The number of carbonyl (C=O) groups is 2. The van der Waals surface area contributed by atoms with Crippen molar-refractivity contribution in [3.05, 3.63) is 69.8 Å². The molecule has 8 nitrogen and oxygen atoms in total. The molecule has 2 aromatic rings. The maximum Gasteiger partial charge on any atom is 0.303 e. The van der Waals surface area contributed by atoms with Crippen molar-refractivity contribution >= 4 is 29.3 Å². The molecule has 1 amide bonds. The van der Waals surface area contributed by atoms with Crippen molar-refractivity contribution in [3.63, 3.8) is 0 Å². The van der Waals surface area contributed by atoms with Gasteiger partial charge in [-0.2, -0.15) is 0 Å². The van der Waals surface area contributed by atoms with E-state index in [4.69, 9.17) is 9.84 Å². The number of ether oxygens (including phenoxy) is 1. The highest BCUT2D eigenvalue weighted by molar-refractivity contribution is 6.02. The van der Waals surface area contributed by atoms with Crippen molar-refractivity contribution in [2.24, 2.45) is 0 Å². The van der Waals surface area contributed by atoms with Crippen molar-refractivity contribution < 1.29 is 24.4 Å². The summed E-state index contributed by atoms with van der Waals surface area (Å²) in [5, 5.41) is 22.3. The highest BCUT2D eigenvalue weighted by atomic mass is 16.6. The molecule has 2 aromatic carbocycles. The van der Waals surface area contributed by atoms with Gasteiger partial charge in [0.2, 0.25) is 5.91 Å². The van der Waals surface area contributed by atoms with Crippen LogP contribution in [0.1, 0.15) is 30.9 Å². The molecule has 8 heteroatoms. The summed E-state index contributed by atoms with van der Waals surface area (Å²) in [6, 6.07) is 11.0. The highest BCUT2D eigenvalue weighted by Gasteiger charge is 2.09. The van der Waals surface area contributed by atoms with E-state index in [-0.39, 0.29) is 12.1 Å². The lowest BCUT2D eigenvalue weighted by Gasteiger charge is -2.13. The van der Waals surface area contributed by atoms with Crippen molar-refractivity contribution in [1.82, 2.24) is 0 Å². The number of non-ortho nitro benzene ring substituents is 1. The molecule has 0 heterocycles. The molecule has 0 unspecified atom stereocenters. The first-order chi connectivity index (χ1) is 13.9. The largest absolute Gasteiger partial charge is 0.491 e. The van der Waals surface area contributed by atoms with Gasteiger partial charge >= 0.3 is 5.97 Å². The smallest absolute Gasteiger partial charge is 0.303 e. The first kappa shape index (κ1) is 21.6. The number of carboxylic acid groups (broad SMARTS) is 1. The molecule has 2 N–H and O–H groups in total. The molecular weight excluding hydrogens is 376 g/mol. The lowest BCUT2D eigenvalue weighted by Crippen LogP contribution is -2.10. The fourth-order valence-electron chi connectivity index (χ4n) is 2.47. The van der Waals surface area contributed by atoms with Gasteiger partial charge in [-0.15, -0.1) is 0 Å². The van der Waals surface area contributed by atoms with Crippen molar-refractivity contribution in [2.75, 3.05) is 11.9 Å². The Balaban J connectivity index is 2.11. The summed E-state index contributed by atoms with van der Waals surface area (Å²) in [4.78, 5) is 33.3. The summed E-state index contributed by atoms with van der Waals surface area (Å²) >= 11 is 0. The van der Waals surface area contributed by atoms with Gasteiger partial charge in [-0.3, -0.25) is 19.7 Å². The molecule has 152 valence electrons. The van der Waals surface area contributed by atoms with Gasteiger partial charge in [-0.1, -0.05) is 13.0 Å². The molecule has 0 atom stereocenters. The molecule has 0 saturated carbocycles. The molecular formula is C21H22N2O6. The molecule has 0 bridgehead atoms. The first-order valence-corrected chi connectivity index (χ1v) is 9.10. The number of aliphatic carboxylic acids is 1. The number of rotatable bonds is 10. The second kappa shape index (κ2) is 10.6. The van der Waals surface area contributed by atoms with Crippen LogP contribution in [0.25, 0.3) is 6.08 Å². The van der Waals surface area contributed by atoms with Crippen LogP contribution in [0.15, 0.2) is 48.5 Å². The third-order valence-corrected chi connectivity index (χ3v) is 3.92. The fraction of sp³-hybridized carbons (Fsp3) is 0.238. The van der Waals surface area contributed by atoms with Crippen LogP contribution in [-0.4, -0.2) is 28.5 Å². The van der Waals surface area contributed by atoms with Gasteiger partial charge in [0.25, 0.3) is 5.69 Å². The molecule has 2 rings (SSSR count). The summed E-state index contributed by atoms with van der Waals surface area (Å²) in [6.45, 7) is 2.45. The minimum absolute atomic E-state index is 0.0113. The third kappa shape index (κ3) is 7.10. The molecule has 0 fully saturated rings. The Hall–Kier alpha value is -3.68. The number of amides is 1. The van der Waals surface area contributed by atoms with Crippen LogP contribution in [0.5, 0.6) is 5.75 Å². The zero-order valence-electron chi connectivity index (χ0n) is 16.0. The number of nitro benzene ring substituents is 1. The molecule has 0 spiro atoms. The van der Waals surface area contributed by atoms with Gasteiger partial charge in [-0.05, 0) is 54.3 Å². The second-order valence-corrected chi connectivity index (χ2v) is 6.24. The monoisotopic (exact) mass is 398 g/mol. The van der Waals surface area contributed by atoms with E-state index in [0.29, 0.717) is 30.0 Å². The molecule has 0 saturated heterocycles. The molecule has 0 radical (unpaired) electrons. The van der Waals surface area contributed by atoms with E-state index in [1.54, 1.807) is 36.4 Å². The van der Waals surface area contributed by atoms with E-state index in [1.807, 2.05) is 6.92 Å². The van der Waals surface area contributed by atoms with E-state index in [1.165, 1.54) is 18.2 Å². The number of benzene rings is 2. The predicted molar refractivity (Wildman–Crippen MR) is 109 cm³/mol. The third-order valence-electron chi connectivity index (χ3n) is 3.92. The number of nitro groups is 1. The van der Waals surface area contributed by atoms with Gasteiger partial charge in [0, 0.05) is 24.6 Å². The average molecular weight is 398 g/mol. The number of hydrogen-bond acceptors (Lipinski definition) is 5. The standard InChI is InChI=1S/C21H22N2O6/c1-2-13-29-19-10-5-16(7-12-21(25)26)14-18(19)22-20(24)11-6-15-3-8-17(9-4-15)23(27)28/h3-6,8-11,14H,2,7,12-13H2,1H3,(H,22,24)(H,25,26)/b11-6+. The minimum atomic E-state index is -0.895. The van der Waals surface area contributed by atoms with E-state index in [9.17, 15) is 19.7 Å². The maximum absolute atomic E-state index is 12.3.